The van der Waals surface area contributed by atoms with Crippen LogP contribution < -0.4 is 15.0 Å². The molecule has 1 unspecified atom stereocenters. The molecule has 18 heavy (non-hydrogen) atoms. The molecule has 4 heteroatoms. The standard InChI is InChI=1S/C14H22N2O2/c1-16(8-6-12-11-18-9-7-15-12)13-4-3-5-14(10-13)17-2/h3-5,10,12,15H,6-9,11H2,1-2H3. The van der Waals surface area contributed by atoms with Crippen molar-refractivity contribution >= 4 is 5.69 Å². The molecule has 0 spiro atoms. The fourth-order valence-electron chi connectivity index (χ4n) is 2.13. The van der Waals surface area contributed by atoms with E-state index < -0.39 is 0 Å². The predicted molar refractivity (Wildman–Crippen MR) is 73.5 cm³/mol. The Labute approximate surface area is 109 Å². The lowest BCUT2D eigenvalue weighted by Gasteiger charge is -2.27. The molecule has 0 bridgehead atoms. The normalized spacial score (nSPS) is 19.6. The first-order valence-corrected chi connectivity index (χ1v) is 6.46. The Morgan fingerprint density at radius 1 is 1.50 bits per heavy atom. The number of anilines is 1. The van der Waals surface area contributed by atoms with Gasteiger partial charge in [-0.1, -0.05) is 6.07 Å². The summed E-state index contributed by atoms with van der Waals surface area (Å²) in [6.07, 6.45) is 1.09. The van der Waals surface area contributed by atoms with E-state index in [4.69, 9.17) is 9.47 Å². The fraction of sp³-hybridized carbons (Fsp3) is 0.571. The molecule has 1 aromatic rings. The number of rotatable bonds is 5. The Morgan fingerprint density at radius 2 is 2.39 bits per heavy atom. The average Bonchev–Trinajstić information content (AvgIpc) is 2.46. The number of nitrogens with zero attached hydrogens (tertiary/aromatic N) is 1. The summed E-state index contributed by atoms with van der Waals surface area (Å²) < 4.78 is 10.7. The quantitative estimate of drug-likeness (QED) is 0.859. The number of nitrogens with one attached hydrogen (secondary N) is 1. The molecule has 1 fully saturated rings. The maximum Gasteiger partial charge on any atom is 0.120 e. The molecular formula is C14H22N2O2. The van der Waals surface area contributed by atoms with Crippen LogP contribution in [0.4, 0.5) is 5.69 Å². The molecule has 0 aliphatic carbocycles. The van der Waals surface area contributed by atoms with E-state index in [-0.39, 0.29) is 0 Å². The van der Waals surface area contributed by atoms with Gasteiger partial charge in [-0.05, 0) is 18.6 Å². The molecule has 0 amide bonds. The van der Waals surface area contributed by atoms with Crippen molar-refractivity contribution in [1.82, 2.24) is 5.32 Å². The number of morpholine rings is 1. The van der Waals surface area contributed by atoms with Gasteiger partial charge in [-0.25, -0.2) is 0 Å². The third-order valence-electron chi connectivity index (χ3n) is 3.31. The lowest BCUT2D eigenvalue weighted by molar-refractivity contribution is 0.0749. The van der Waals surface area contributed by atoms with Gasteiger partial charge in [-0.3, -0.25) is 0 Å². The Morgan fingerprint density at radius 3 is 3.11 bits per heavy atom. The molecule has 0 aromatic heterocycles. The van der Waals surface area contributed by atoms with Crippen LogP contribution in [0.5, 0.6) is 5.75 Å². The molecule has 1 heterocycles. The van der Waals surface area contributed by atoms with Crippen molar-refractivity contribution in [2.75, 3.05) is 45.4 Å². The summed E-state index contributed by atoms with van der Waals surface area (Å²) in [7, 11) is 3.81. The van der Waals surface area contributed by atoms with Crippen LogP contribution >= 0.6 is 0 Å². The number of methoxy groups -OCH3 is 1. The topological polar surface area (TPSA) is 33.7 Å². The van der Waals surface area contributed by atoms with E-state index in [0.29, 0.717) is 6.04 Å². The first kappa shape index (κ1) is 13.2. The van der Waals surface area contributed by atoms with Gasteiger partial charge in [0, 0.05) is 37.9 Å². The van der Waals surface area contributed by atoms with E-state index >= 15 is 0 Å². The summed E-state index contributed by atoms with van der Waals surface area (Å²) in [6, 6.07) is 8.63. The first-order valence-electron chi connectivity index (χ1n) is 6.46. The summed E-state index contributed by atoms with van der Waals surface area (Å²) >= 11 is 0. The SMILES string of the molecule is COc1cccc(N(C)CCC2COCCN2)c1. The summed E-state index contributed by atoms with van der Waals surface area (Å²) in [5.74, 6) is 0.901. The van der Waals surface area contributed by atoms with Crippen LogP contribution in [0.3, 0.4) is 0 Å². The van der Waals surface area contributed by atoms with E-state index in [9.17, 15) is 0 Å². The van der Waals surface area contributed by atoms with Gasteiger partial charge in [0.25, 0.3) is 0 Å². The average molecular weight is 250 g/mol. The highest BCUT2D eigenvalue weighted by atomic mass is 16.5. The zero-order valence-electron chi connectivity index (χ0n) is 11.2. The highest BCUT2D eigenvalue weighted by molar-refractivity contribution is 5.50. The van der Waals surface area contributed by atoms with Crippen molar-refractivity contribution in [1.29, 1.82) is 0 Å². The van der Waals surface area contributed by atoms with E-state index in [1.54, 1.807) is 7.11 Å². The predicted octanol–water partition coefficient (Wildman–Crippen LogP) is 1.51. The molecular weight excluding hydrogens is 228 g/mol. The second kappa shape index (κ2) is 6.61. The molecule has 0 saturated carbocycles. The smallest absolute Gasteiger partial charge is 0.120 e. The lowest BCUT2D eigenvalue weighted by atomic mass is 10.2. The maximum absolute atomic E-state index is 5.46. The van der Waals surface area contributed by atoms with Gasteiger partial charge in [-0.2, -0.15) is 0 Å². The van der Waals surface area contributed by atoms with Gasteiger partial charge < -0.3 is 19.7 Å². The number of hydrogen-bond donors (Lipinski definition) is 1. The van der Waals surface area contributed by atoms with Crippen LogP contribution in [-0.2, 0) is 4.74 Å². The molecule has 1 aliphatic rings. The molecule has 1 saturated heterocycles. The summed E-state index contributed by atoms with van der Waals surface area (Å²) in [6.45, 7) is 3.63. The first-order chi connectivity index (χ1) is 8.79. The molecule has 4 nitrogen and oxygen atoms in total. The second-order valence-electron chi connectivity index (χ2n) is 4.64. The van der Waals surface area contributed by atoms with Gasteiger partial charge >= 0.3 is 0 Å². The van der Waals surface area contributed by atoms with Crippen LogP contribution in [0.25, 0.3) is 0 Å². The third kappa shape index (κ3) is 3.62. The van der Waals surface area contributed by atoms with Gasteiger partial charge in [0.15, 0.2) is 0 Å². The summed E-state index contributed by atoms with van der Waals surface area (Å²) in [5, 5.41) is 3.47. The Bertz CT molecular complexity index is 365. The minimum atomic E-state index is 0.479. The Kier molecular flexibility index (Phi) is 4.84. The Hall–Kier alpha value is -1.26. The molecule has 1 aromatic carbocycles. The monoisotopic (exact) mass is 250 g/mol. The number of ether oxygens (including phenoxy) is 2. The summed E-state index contributed by atoms with van der Waals surface area (Å²) in [4.78, 5) is 2.25. The zero-order valence-corrected chi connectivity index (χ0v) is 11.2. The largest absolute Gasteiger partial charge is 0.497 e. The molecule has 2 rings (SSSR count). The molecule has 1 aliphatic heterocycles. The van der Waals surface area contributed by atoms with Crippen molar-refractivity contribution in [3.05, 3.63) is 24.3 Å². The van der Waals surface area contributed by atoms with Crippen LogP contribution in [0.2, 0.25) is 0 Å². The van der Waals surface area contributed by atoms with Gasteiger partial charge in [-0.15, -0.1) is 0 Å². The minimum absolute atomic E-state index is 0.479. The lowest BCUT2D eigenvalue weighted by Crippen LogP contribution is -2.42. The van der Waals surface area contributed by atoms with E-state index in [1.165, 1.54) is 5.69 Å². The number of benzene rings is 1. The van der Waals surface area contributed by atoms with Gasteiger partial charge in [0.2, 0.25) is 0 Å². The van der Waals surface area contributed by atoms with Crippen LogP contribution in [-0.4, -0.2) is 46.5 Å². The van der Waals surface area contributed by atoms with E-state index in [0.717, 1.165) is 38.5 Å². The van der Waals surface area contributed by atoms with Crippen molar-refractivity contribution in [2.24, 2.45) is 0 Å². The van der Waals surface area contributed by atoms with E-state index in [2.05, 4.69) is 29.4 Å². The van der Waals surface area contributed by atoms with Crippen molar-refractivity contribution < 1.29 is 9.47 Å². The van der Waals surface area contributed by atoms with Crippen LogP contribution in [0.1, 0.15) is 6.42 Å². The molecule has 1 N–H and O–H groups in total. The third-order valence-corrected chi connectivity index (χ3v) is 3.31. The van der Waals surface area contributed by atoms with E-state index in [1.807, 2.05) is 12.1 Å². The maximum atomic E-state index is 5.46. The molecule has 1 atom stereocenters. The highest BCUT2D eigenvalue weighted by Crippen LogP contribution is 2.20. The highest BCUT2D eigenvalue weighted by Gasteiger charge is 2.13. The zero-order chi connectivity index (χ0) is 12.8. The van der Waals surface area contributed by atoms with Crippen molar-refractivity contribution in [3.63, 3.8) is 0 Å². The molecule has 100 valence electrons. The van der Waals surface area contributed by atoms with Crippen molar-refractivity contribution in [3.8, 4) is 5.75 Å². The summed E-state index contributed by atoms with van der Waals surface area (Å²) in [5.41, 5.74) is 1.19. The Balaban J connectivity index is 1.84. The molecule has 0 radical (unpaired) electrons. The number of hydrogen-bond acceptors (Lipinski definition) is 4. The van der Waals surface area contributed by atoms with Crippen LogP contribution in [0, 0.1) is 0 Å². The second-order valence-corrected chi connectivity index (χ2v) is 4.64. The van der Waals surface area contributed by atoms with Crippen molar-refractivity contribution in [2.45, 2.75) is 12.5 Å². The fourth-order valence-corrected chi connectivity index (χ4v) is 2.13. The van der Waals surface area contributed by atoms with Gasteiger partial charge in [0.05, 0.1) is 20.3 Å². The minimum Gasteiger partial charge on any atom is -0.497 e. The van der Waals surface area contributed by atoms with Gasteiger partial charge in [0.1, 0.15) is 5.75 Å². The van der Waals surface area contributed by atoms with Crippen LogP contribution in [0.15, 0.2) is 24.3 Å².